The van der Waals surface area contributed by atoms with Gasteiger partial charge in [0.05, 0.1) is 0 Å². The maximum atomic E-state index is 13.5. The lowest BCUT2D eigenvalue weighted by atomic mass is 10.0. The van der Waals surface area contributed by atoms with Crippen LogP contribution < -0.4 is 14.8 Å². The van der Waals surface area contributed by atoms with Gasteiger partial charge in [-0.1, -0.05) is 18.2 Å². The summed E-state index contributed by atoms with van der Waals surface area (Å²) in [5, 5.41) is 11.8. The van der Waals surface area contributed by atoms with Gasteiger partial charge in [0.15, 0.2) is 6.10 Å². The molecular weight excluding hydrogens is 533 g/mol. The average Bonchev–Trinajstić information content (AvgIpc) is 2.81. The van der Waals surface area contributed by atoms with Crippen LogP contribution in [0.25, 0.3) is 0 Å². The summed E-state index contributed by atoms with van der Waals surface area (Å²) < 4.78 is 127. The van der Waals surface area contributed by atoms with Crippen molar-refractivity contribution in [3.05, 3.63) is 89.0 Å². The van der Waals surface area contributed by atoms with Crippen LogP contribution in [0, 0.1) is 11.6 Å². The SMILES string of the molecule is O[C@H](CNc1cccc(OCc2cc(F)cc(F)c2)c1Cc1cccc(OC(F)(F)C(F)F)c1)C(F)(F)F. The molecule has 0 aliphatic carbocycles. The van der Waals surface area contributed by atoms with Crippen molar-refractivity contribution >= 4 is 5.69 Å². The third-order valence-corrected chi connectivity index (χ3v) is 5.10. The Hall–Kier alpha value is -3.61. The first-order valence-electron chi connectivity index (χ1n) is 10.9. The first-order valence-corrected chi connectivity index (χ1v) is 10.9. The number of aliphatic hydroxyl groups is 1. The second-order valence-electron chi connectivity index (χ2n) is 8.08. The standard InChI is InChI=1S/C25H20F9NO3/c26-16-7-15(8-17(27)11-16)13-37-21-6-2-5-20(35-12-22(36)24(30,31)32)19(21)10-14-3-1-4-18(9-14)38-25(33,34)23(28)29/h1-9,11,22-23,35-36H,10,12-13H2/t22-/m1/s1. The third-order valence-electron chi connectivity index (χ3n) is 5.10. The van der Waals surface area contributed by atoms with Crippen LogP contribution in [0.4, 0.5) is 45.2 Å². The molecule has 0 heterocycles. The van der Waals surface area contributed by atoms with E-state index in [9.17, 15) is 44.6 Å². The summed E-state index contributed by atoms with van der Waals surface area (Å²) in [6, 6.07) is 11.5. The number of benzene rings is 3. The van der Waals surface area contributed by atoms with Crippen molar-refractivity contribution < 1.29 is 54.1 Å². The maximum Gasteiger partial charge on any atom is 0.461 e. The quantitative estimate of drug-likeness (QED) is 0.260. The lowest BCUT2D eigenvalue weighted by Gasteiger charge is -2.20. The average molecular weight is 553 g/mol. The van der Waals surface area contributed by atoms with Crippen molar-refractivity contribution in [1.29, 1.82) is 0 Å². The molecule has 3 rings (SSSR count). The minimum Gasteiger partial charge on any atom is -0.489 e. The van der Waals surface area contributed by atoms with Gasteiger partial charge in [0.2, 0.25) is 0 Å². The van der Waals surface area contributed by atoms with Gasteiger partial charge in [-0.05, 0) is 47.5 Å². The van der Waals surface area contributed by atoms with Crippen LogP contribution in [-0.2, 0) is 13.0 Å². The van der Waals surface area contributed by atoms with E-state index in [0.717, 1.165) is 24.3 Å². The second-order valence-corrected chi connectivity index (χ2v) is 8.08. The van der Waals surface area contributed by atoms with Gasteiger partial charge in [-0.3, -0.25) is 0 Å². The van der Waals surface area contributed by atoms with Crippen molar-refractivity contribution in [3.8, 4) is 11.5 Å². The van der Waals surface area contributed by atoms with E-state index in [1.165, 1.54) is 30.3 Å². The summed E-state index contributed by atoms with van der Waals surface area (Å²) in [5.74, 6) is -2.27. The van der Waals surface area contributed by atoms with E-state index in [1.54, 1.807) is 0 Å². The van der Waals surface area contributed by atoms with E-state index in [2.05, 4.69) is 10.1 Å². The summed E-state index contributed by atoms with van der Waals surface area (Å²) >= 11 is 0. The molecule has 0 spiro atoms. The van der Waals surface area contributed by atoms with Gasteiger partial charge in [0, 0.05) is 30.3 Å². The van der Waals surface area contributed by atoms with Crippen molar-refractivity contribution in [2.75, 3.05) is 11.9 Å². The van der Waals surface area contributed by atoms with Crippen LogP contribution in [0.1, 0.15) is 16.7 Å². The largest absolute Gasteiger partial charge is 0.489 e. The summed E-state index contributed by atoms with van der Waals surface area (Å²) in [5.41, 5.74) is 0.556. The Morgan fingerprint density at radius 2 is 1.50 bits per heavy atom. The Morgan fingerprint density at radius 3 is 2.13 bits per heavy atom. The number of ether oxygens (including phenoxy) is 2. The monoisotopic (exact) mass is 553 g/mol. The molecule has 3 aromatic carbocycles. The highest BCUT2D eigenvalue weighted by atomic mass is 19.4. The summed E-state index contributed by atoms with van der Waals surface area (Å²) in [7, 11) is 0. The van der Waals surface area contributed by atoms with Crippen LogP contribution in [0.2, 0.25) is 0 Å². The number of aliphatic hydroxyl groups excluding tert-OH is 1. The van der Waals surface area contributed by atoms with E-state index < -0.39 is 48.7 Å². The molecule has 0 radical (unpaired) electrons. The highest BCUT2D eigenvalue weighted by molar-refractivity contribution is 5.59. The van der Waals surface area contributed by atoms with Crippen LogP contribution in [-0.4, -0.2) is 36.5 Å². The number of rotatable bonds is 11. The molecule has 0 unspecified atom stereocenters. The summed E-state index contributed by atoms with van der Waals surface area (Å²) in [4.78, 5) is 0. The zero-order valence-corrected chi connectivity index (χ0v) is 19.2. The molecule has 0 aromatic heterocycles. The molecule has 3 aromatic rings. The molecule has 0 fully saturated rings. The number of anilines is 1. The number of hydrogen-bond acceptors (Lipinski definition) is 4. The lowest BCUT2D eigenvalue weighted by molar-refractivity contribution is -0.253. The molecule has 0 aliphatic rings. The van der Waals surface area contributed by atoms with Gasteiger partial charge in [0.1, 0.15) is 29.7 Å². The Kier molecular flexibility index (Phi) is 9.02. The van der Waals surface area contributed by atoms with Gasteiger partial charge in [-0.25, -0.2) is 8.78 Å². The fraction of sp³-hybridized carbons (Fsp3) is 0.280. The van der Waals surface area contributed by atoms with E-state index in [4.69, 9.17) is 4.74 Å². The summed E-state index contributed by atoms with van der Waals surface area (Å²) in [6.45, 7) is -1.29. The highest BCUT2D eigenvalue weighted by Crippen LogP contribution is 2.33. The van der Waals surface area contributed by atoms with Crippen molar-refractivity contribution in [1.82, 2.24) is 0 Å². The van der Waals surface area contributed by atoms with Crippen LogP contribution in [0.5, 0.6) is 11.5 Å². The Morgan fingerprint density at radius 1 is 0.842 bits per heavy atom. The minimum absolute atomic E-state index is 0.0467. The molecule has 0 bridgehead atoms. The van der Waals surface area contributed by atoms with Crippen LogP contribution in [0.3, 0.4) is 0 Å². The number of halogens is 9. The first-order chi connectivity index (χ1) is 17.7. The van der Waals surface area contributed by atoms with Gasteiger partial charge in [0.25, 0.3) is 0 Å². The molecule has 13 heteroatoms. The van der Waals surface area contributed by atoms with Gasteiger partial charge in [-0.2, -0.15) is 30.7 Å². The number of alkyl halides is 7. The smallest absolute Gasteiger partial charge is 0.461 e. The van der Waals surface area contributed by atoms with Gasteiger partial charge < -0.3 is 19.9 Å². The Bertz CT molecular complexity index is 1210. The van der Waals surface area contributed by atoms with Gasteiger partial charge in [-0.15, -0.1) is 0 Å². The molecule has 0 aliphatic heterocycles. The number of nitrogens with one attached hydrogen (secondary N) is 1. The zero-order chi connectivity index (χ0) is 28.1. The van der Waals surface area contributed by atoms with Crippen LogP contribution >= 0.6 is 0 Å². The van der Waals surface area contributed by atoms with E-state index >= 15 is 0 Å². The lowest BCUT2D eigenvalue weighted by Crippen LogP contribution is -2.35. The van der Waals surface area contributed by atoms with Crippen LogP contribution in [0.15, 0.2) is 60.7 Å². The fourth-order valence-electron chi connectivity index (χ4n) is 3.35. The molecule has 0 saturated heterocycles. The predicted octanol–water partition coefficient (Wildman–Crippen LogP) is 6.71. The predicted molar refractivity (Wildman–Crippen MR) is 119 cm³/mol. The Labute approximate surface area is 210 Å². The number of hydrogen-bond donors (Lipinski definition) is 2. The molecular formula is C25H20F9NO3. The molecule has 0 amide bonds. The van der Waals surface area contributed by atoms with Crippen molar-refractivity contribution in [2.24, 2.45) is 0 Å². The van der Waals surface area contributed by atoms with Crippen molar-refractivity contribution in [2.45, 2.75) is 37.8 Å². The minimum atomic E-state index is -4.91. The second kappa shape index (κ2) is 11.8. The van der Waals surface area contributed by atoms with E-state index in [0.29, 0.717) is 6.07 Å². The molecule has 4 nitrogen and oxygen atoms in total. The fourth-order valence-corrected chi connectivity index (χ4v) is 3.35. The van der Waals surface area contributed by atoms with E-state index in [1.807, 2.05) is 0 Å². The summed E-state index contributed by atoms with van der Waals surface area (Å²) in [6.07, 6.45) is -16.7. The molecule has 38 heavy (non-hydrogen) atoms. The molecule has 0 saturated carbocycles. The highest BCUT2D eigenvalue weighted by Gasteiger charge is 2.44. The Balaban J connectivity index is 1.91. The van der Waals surface area contributed by atoms with Crippen molar-refractivity contribution in [3.63, 3.8) is 0 Å². The topological polar surface area (TPSA) is 50.7 Å². The zero-order valence-electron chi connectivity index (χ0n) is 19.2. The third kappa shape index (κ3) is 7.94. The first kappa shape index (κ1) is 29.0. The maximum absolute atomic E-state index is 13.5. The molecule has 1 atom stereocenters. The molecule has 206 valence electrons. The normalized spacial score (nSPS) is 12.9. The molecule has 2 N–H and O–H groups in total. The van der Waals surface area contributed by atoms with E-state index in [-0.39, 0.29) is 41.2 Å². The van der Waals surface area contributed by atoms with Gasteiger partial charge >= 0.3 is 18.7 Å².